The Morgan fingerprint density at radius 3 is 2.53 bits per heavy atom. The molecule has 0 radical (unpaired) electrons. The number of aromatic nitrogens is 2. The van der Waals surface area contributed by atoms with E-state index < -0.39 is 0 Å². The lowest BCUT2D eigenvalue weighted by atomic mass is 10.1. The van der Waals surface area contributed by atoms with E-state index in [-0.39, 0.29) is 6.04 Å². The summed E-state index contributed by atoms with van der Waals surface area (Å²) in [5.41, 5.74) is 10.6. The monoisotopic (exact) mass is 441 g/mol. The summed E-state index contributed by atoms with van der Waals surface area (Å²) in [5, 5.41) is 1.47. The van der Waals surface area contributed by atoms with Crippen LogP contribution in [0.1, 0.15) is 42.9 Å². The topological polar surface area (TPSA) is 58.3 Å². The van der Waals surface area contributed by atoms with E-state index in [2.05, 4.69) is 33.8 Å². The van der Waals surface area contributed by atoms with Crippen molar-refractivity contribution in [3.05, 3.63) is 57.6 Å². The van der Waals surface area contributed by atoms with Crippen LogP contribution in [0.2, 0.25) is 10.0 Å². The number of rotatable bonds is 4. The molecule has 2 N–H and O–H groups in total. The number of anilines is 2. The van der Waals surface area contributed by atoms with Crippen LogP contribution in [0.15, 0.2) is 36.4 Å². The highest BCUT2D eigenvalue weighted by Crippen LogP contribution is 2.43. The van der Waals surface area contributed by atoms with Crippen molar-refractivity contribution in [2.75, 3.05) is 36.8 Å². The Bertz CT molecular complexity index is 1090. The van der Waals surface area contributed by atoms with Gasteiger partial charge in [0.1, 0.15) is 0 Å². The van der Waals surface area contributed by atoms with Crippen LogP contribution in [0.4, 0.5) is 11.6 Å². The third kappa shape index (κ3) is 3.70. The van der Waals surface area contributed by atoms with E-state index in [1.54, 1.807) is 0 Å². The predicted octanol–water partition coefficient (Wildman–Crippen LogP) is 5.28. The first kappa shape index (κ1) is 19.9. The van der Waals surface area contributed by atoms with Crippen molar-refractivity contribution in [2.24, 2.45) is 0 Å². The molecule has 1 aromatic heterocycles. The van der Waals surface area contributed by atoms with Crippen LogP contribution in [0.5, 0.6) is 0 Å². The zero-order chi connectivity index (χ0) is 20.8. The zero-order valence-electron chi connectivity index (χ0n) is 17.0. The van der Waals surface area contributed by atoms with Gasteiger partial charge in [-0.05, 0) is 61.1 Å². The van der Waals surface area contributed by atoms with Gasteiger partial charge in [-0.25, -0.2) is 9.97 Å². The molecule has 1 aliphatic heterocycles. The van der Waals surface area contributed by atoms with Gasteiger partial charge in [-0.3, -0.25) is 4.90 Å². The number of nitrogen functional groups attached to an aromatic ring is 1. The van der Waals surface area contributed by atoms with Crippen molar-refractivity contribution < 1.29 is 0 Å². The lowest BCUT2D eigenvalue weighted by Crippen LogP contribution is -2.47. The molecule has 5 nitrogen and oxygen atoms in total. The third-order valence-electron chi connectivity index (χ3n) is 6.32. The number of hydrogen-bond acceptors (Lipinski definition) is 5. The molecule has 1 atom stereocenters. The Hall–Kier alpha value is -2.08. The van der Waals surface area contributed by atoms with Gasteiger partial charge in [0.2, 0.25) is 0 Å². The maximum atomic E-state index is 6.43. The maximum Gasteiger partial charge on any atom is 0.172 e. The Morgan fingerprint density at radius 2 is 1.80 bits per heavy atom. The number of piperazine rings is 1. The van der Waals surface area contributed by atoms with Gasteiger partial charge in [0.15, 0.2) is 11.6 Å². The van der Waals surface area contributed by atoms with Crippen LogP contribution >= 0.6 is 23.2 Å². The molecule has 2 aromatic carbocycles. The van der Waals surface area contributed by atoms with Crippen molar-refractivity contribution in [3.63, 3.8) is 0 Å². The molecule has 1 saturated heterocycles. The van der Waals surface area contributed by atoms with E-state index in [0.29, 0.717) is 16.8 Å². The summed E-state index contributed by atoms with van der Waals surface area (Å²) in [4.78, 5) is 14.4. The number of benzene rings is 2. The first-order valence-electron chi connectivity index (χ1n) is 10.5. The molecule has 2 aliphatic rings. The molecule has 7 heteroatoms. The highest BCUT2D eigenvalue weighted by Gasteiger charge is 2.28. The van der Waals surface area contributed by atoms with E-state index in [0.717, 1.165) is 53.6 Å². The van der Waals surface area contributed by atoms with Gasteiger partial charge in [0.05, 0.1) is 11.0 Å². The van der Waals surface area contributed by atoms with Gasteiger partial charge in [0.25, 0.3) is 0 Å². The summed E-state index contributed by atoms with van der Waals surface area (Å²) >= 11 is 12.6. The van der Waals surface area contributed by atoms with Gasteiger partial charge in [-0.1, -0.05) is 35.3 Å². The SMILES string of the molecule is CC(c1cc(Cl)ccc1Cl)N1CCN(c2nc3c(C4CC4)cccc3nc2N)CC1. The Balaban J connectivity index is 1.36. The van der Waals surface area contributed by atoms with Gasteiger partial charge in [-0.15, -0.1) is 0 Å². The van der Waals surface area contributed by atoms with Crippen LogP contribution in [-0.4, -0.2) is 41.0 Å². The van der Waals surface area contributed by atoms with E-state index in [1.807, 2.05) is 24.3 Å². The number of nitrogens with zero attached hydrogens (tertiary/aromatic N) is 4. The van der Waals surface area contributed by atoms with Crippen molar-refractivity contribution >= 4 is 45.9 Å². The number of para-hydroxylation sites is 1. The Labute approximate surface area is 186 Å². The number of nitrogens with two attached hydrogens (primary N) is 1. The normalized spacial score (nSPS) is 18.7. The van der Waals surface area contributed by atoms with Gasteiger partial charge >= 0.3 is 0 Å². The second-order valence-corrected chi connectivity index (χ2v) is 9.13. The first-order valence-corrected chi connectivity index (χ1v) is 11.3. The first-order chi connectivity index (χ1) is 14.5. The molecule has 1 aliphatic carbocycles. The predicted molar refractivity (Wildman–Crippen MR) is 125 cm³/mol. The fraction of sp³-hybridized carbons (Fsp3) is 0.391. The highest BCUT2D eigenvalue weighted by atomic mass is 35.5. The van der Waals surface area contributed by atoms with E-state index >= 15 is 0 Å². The molecule has 1 unspecified atom stereocenters. The van der Waals surface area contributed by atoms with E-state index in [1.165, 1.54) is 18.4 Å². The molecule has 0 bridgehead atoms. The average molecular weight is 442 g/mol. The summed E-state index contributed by atoms with van der Waals surface area (Å²) in [6.45, 7) is 5.66. The minimum absolute atomic E-state index is 0.194. The zero-order valence-corrected chi connectivity index (χ0v) is 18.5. The smallest absolute Gasteiger partial charge is 0.172 e. The summed E-state index contributed by atoms with van der Waals surface area (Å²) in [6.07, 6.45) is 2.48. The second kappa shape index (κ2) is 7.88. The van der Waals surface area contributed by atoms with E-state index in [4.69, 9.17) is 33.9 Å². The number of fused-ring (bicyclic) bond motifs is 1. The van der Waals surface area contributed by atoms with Gasteiger partial charge in [0, 0.05) is 42.3 Å². The third-order valence-corrected chi connectivity index (χ3v) is 6.90. The minimum Gasteiger partial charge on any atom is -0.381 e. The molecule has 2 heterocycles. The molecule has 5 rings (SSSR count). The van der Waals surface area contributed by atoms with Crippen molar-refractivity contribution in [1.29, 1.82) is 0 Å². The van der Waals surface area contributed by atoms with Gasteiger partial charge < -0.3 is 10.6 Å². The highest BCUT2D eigenvalue weighted by molar-refractivity contribution is 6.33. The molecule has 3 aromatic rings. The van der Waals surface area contributed by atoms with Crippen LogP contribution < -0.4 is 10.6 Å². The van der Waals surface area contributed by atoms with Gasteiger partial charge in [-0.2, -0.15) is 0 Å². The van der Waals surface area contributed by atoms with Crippen LogP contribution in [-0.2, 0) is 0 Å². The molecule has 1 saturated carbocycles. The molecule has 156 valence electrons. The van der Waals surface area contributed by atoms with Crippen LogP contribution in [0, 0.1) is 0 Å². The fourth-order valence-electron chi connectivity index (χ4n) is 4.41. The molecule has 2 fully saturated rings. The largest absolute Gasteiger partial charge is 0.381 e. The number of halogens is 2. The molecule has 30 heavy (non-hydrogen) atoms. The average Bonchev–Trinajstić information content (AvgIpc) is 3.59. The van der Waals surface area contributed by atoms with Crippen molar-refractivity contribution in [2.45, 2.75) is 31.7 Å². The second-order valence-electron chi connectivity index (χ2n) is 8.29. The summed E-state index contributed by atoms with van der Waals surface area (Å²) in [7, 11) is 0. The lowest BCUT2D eigenvalue weighted by molar-refractivity contribution is 0.198. The number of hydrogen-bond donors (Lipinski definition) is 1. The molecule has 0 amide bonds. The summed E-state index contributed by atoms with van der Waals surface area (Å²) < 4.78 is 0. The quantitative estimate of drug-likeness (QED) is 0.596. The Kier molecular flexibility index (Phi) is 5.21. The van der Waals surface area contributed by atoms with E-state index in [9.17, 15) is 0 Å². The van der Waals surface area contributed by atoms with Crippen molar-refractivity contribution in [3.8, 4) is 0 Å². The molecule has 0 spiro atoms. The molecular weight excluding hydrogens is 417 g/mol. The standard InChI is InChI=1S/C23H25Cl2N5/c1-14(18-13-16(24)7-8-19(18)25)29-9-11-30(12-10-29)23-22(26)27-20-4-2-3-17(15-5-6-15)21(20)28-23/h2-4,7-8,13-15H,5-6,9-12H2,1H3,(H2,26,27). The Morgan fingerprint density at radius 1 is 1.03 bits per heavy atom. The summed E-state index contributed by atoms with van der Waals surface area (Å²) in [5.74, 6) is 1.94. The maximum absolute atomic E-state index is 6.43. The lowest BCUT2D eigenvalue weighted by Gasteiger charge is -2.39. The van der Waals surface area contributed by atoms with Crippen LogP contribution in [0.3, 0.4) is 0 Å². The molecular formula is C23H25Cl2N5. The minimum atomic E-state index is 0.194. The van der Waals surface area contributed by atoms with Crippen LogP contribution in [0.25, 0.3) is 11.0 Å². The summed E-state index contributed by atoms with van der Waals surface area (Å²) in [6, 6.07) is 12.1. The fourth-order valence-corrected chi connectivity index (χ4v) is 4.87. The van der Waals surface area contributed by atoms with Crippen molar-refractivity contribution in [1.82, 2.24) is 14.9 Å².